The molecule has 2 rings (SSSR count). The Labute approximate surface area is 256 Å². The SMILES string of the molecule is CCN(CC)c1ccc(/C=C(\C#N)C(=O)OCCCCCCCOC(=O)/C(C#N)=C/c2ccc(N(CC)CC)cc2)cc1. The number of carbonyl (C=O) groups is 2. The summed E-state index contributed by atoms with van der Waals surface area (Å²) < 4.78 is 10.6. The summed E-state index contributed by atoms with van der Waals surface area (Å²) in [6.45, 7) is 12.5. The topological polar surface area (TPSA) is 107 Å². The third-order valence-electron chi connectivity index (χ3n) is 7.10. The number of hydrogen-bond donors (Lipinski definition) is 0. The number of carbonyl (C=O) groups excluding carboxylic acids is 2. The number of nitrogens with zero attached hydrogens (tertiary/aromatic N) is 4. The molecule has 0 saturated carbocycles. The van der Waals surface area contributed by atoms with Crippen LogP contribution in [0.25, 0.3) is 12.2 Å². The minimum atomic E-state index is -0.622. The van der Waals surface area contributed by atoms with Gasteiger partial charge in [-0.05, 0) is 88.1 Å². The quantitative estimate of drug-likeness (QED) is 0.0804. The summed E-state index contributed by atoms with van der Waals surface area (Å²) in [5.41, 5.74) is 3.68. The lowest BCUT2D eigenvalue weighted by Crippen LogP contribution is -2.21. The van der Waals surface area contributed by atoms with E-state index < -0.39 is 11.9 Å². The lowest BCUT2D eigenvalue weighted by molar-refractivity contribution is -0.139. The predicted molar refractivity (Wildman–Crippen MR) is 172 cm³/mol. The van der Waals surface area contributed by atoms with Crippen LogP contribution in [0.3, 0.4) is 0 Å². The van der Waals surface area contributed by atoms with Crippen LogP contribution in [0.5, 0.6) is 0 Å². The van der Waals surface area contributed by atoms with Crippen molar-refractivity contribution >= 4 is 35.5 Å². The van der Waals surface area contributed by atoms with E-state index in [-0.39, 0.29) is 24.4 Å². The highest BCUT2D eigenvalue weighted by molar-refractivity contribution is 5.98. The predicted octanol–water partition coefficient (Wildman–Crippen LogP) is 6.93. The number of benzene rings is 2. The van der Waals surface area contributed by atoms with Gasteiger partial charge in [0.15, 0.2) is 0 Å². The van der Waals surface area contributed by atoms with Crippen molar-refractivity contribution in [2.75, 3.05) is 49.2 Å². The fourth-order valence-electron chi connectivity index (χ4n) is 4.57. The number of rotatable bonds is 18. The normalized spacial score (nSPS) is 11.3. The van der Waals surface area contributed by atoms with Crippen molar-refractivity contribution in [2.24, 2.45) is 0 Å². The van der Waals surface area contributed by atoms with Crippen LogP contribution < -0.4 is 9.80 Å². The average molecular weight is 585 g/mol. The zero-order valence-corrected chi connectivity index (χ0v) is 26.0. The van der Waals surface area contributed by atoms with Crippen molar-refractivity contribution in [3.63, 3.8) is 0 Å². The first kappa shape index (κ1) is 34.6. The Morgan fingerprint density at radius 2 is 0.930 bits per heavy atom. The molecular weight excluding hydrogens is 540 g/mol. The van der Waals surface area contributed by atoms with Gasteiger partial charge in [-0.25, -0.2) is 9.59 Å². The molecule has 8 heteroatoms. The van der Waals surface area contributed by atoms with Gasteiger partial charge in [0.2, 0.25) is 0 Å². The molecule has 0 bridgehead atoms. The molecule has 0 amide bonds. The highest BCUT2D eigenvalue weighted by Crippen LogP contribution is 2.18. The maximum absolute atomic E-state index is 12.3. The van der Waals surface area contributed by atoms with Crippen LogP contribution in [0.4, 0.5) is 11.4 Å². The van der Waals surface area contributed by atoms with Crippen LogP contribution >= 0.6 is 0 Å². The van der Waals surface area contributed by atoms with Crippen LogP contribution in [-0.4, -0.2) is 51.3 Å². The smallest absolute Gasteiger partial charge is 0.348 e. The number of anilines is 2. The molecule has 0 fully saturated rings. The number of esters is 2. The molecule has 0 atom stereocenters. The number of ether oxygens (including phenoxy) is 2. The molecule has 0 aliphatic heterocycles. The molecule has 0 saturated heterocycles. The average Bonchev–Trinajstić information content (AvgIpc) is 3.03. The summed E-state index contributed by atoms with van der Waals surface area (Å²) in [6, 6.07) is 19.3. The molecule has 2 aromatic rings. The van der Waals surface area contributed by atoms with E-state index in [2.05, 4.69) is 37.5 Å². The van der Waals surface area contributed by atoms with E-state index in [1.165, 1.54) is 0 Å². The monoisotopic (exact) mass is 584 g/mol. The minimum absolute atomic E-state index is 0.0279. The van der Waals surface area contributed by atoms with Gasteiger partial charge in [0.05, 0.1) is 13.2 Å². The molecule has 8 nitrogen and oxygen atoms in total. The second kappa shape index (κ2) is 19.5. The van der Waals surface area contributed by atoms with Gasteiger partial charge < -0.3 is 19.3 Å². The molecule has 0 aromatic heterocycles. The number of nitriles is 2. The summed E-state index contributed by atoms with van der Waals surface area (Å²) in [7, 11) is 0. The van der Waals surface area contributed by atoms with E-state index in [1.54, 1.807) is 12.2 Å². The second-order valence-corrected chi connectivity index (χ2v) is 9.91. The van der Waals surface area contributed by atoms with E-state index in [4.69, 9.17) is 9.47 Å². The highest BCUT2D eigenvalue weighted by Gasteiger charge is 2.12. The number of hydrogen-bond acceptors (Lipinski definition) is 8. The van der Waals surface area contributed by atoms with Crippen LogP contribution in [-0.2, 0) is 19.1 Å². The Morgan fingerprint density at radius 3 is 1.23 bits per heavy atom. The summed E-state index contributed by atoms with van der Waals surface area (Å²) in [6.07, 6.45) is 7.01. The summed E-state index contributed by atoms with van der Waals surface area (Å²) >= 11 is 0. The van der Waals surface area contributed by atoms with Gasteiger partial charge in [-0.3, -0.25) is 0 Å². The molecular formula is C35H44N4O4. The molecule has 2 aromatic carbocycles. The third kappa shape index (κ3) is 11.7. The van der Waals surface area contributed by atoms with Crippen LogP contribution in [0.2, 0.25) is 0 Å². The maximum atomic E-state index is 12.3. The van der Waals surface area contributed by atoms with Crippen molar-refractivity contribution in [3.05, 3.63) is 70.8 Å². The van der Waals surface area contributed by atoms with Crippen molar-refractivity contribution in [2.45, 2.75) is 59.8 Å². The zero-order valence-electron chi connectivity index (χ0n) is 26.0. The molecule has 228 valence electrons. The lowest BCUT2D eigenvalue weighted by atomic mass is 10.1. The molecule has 0 aliphatic rings. The molecule has 0 N–H and O–H groups in total. The molecule has 43 heavy (non-hydrogen) atoms. The molecule has 0 aliphatic carbocycles. The van der Waals surface area contributed by atoms with Gasteiger partial charge in [0.1, 0.15) is 23.3 Å². The standard InChI is InChI=1S/C35H44N4O4/c1-5-38(6-2)32-18-14-28(15-19-32)24-30(26-36)34(40)42-22-12-10-9-11-13-23-43-35(41)31(27-37)25-29-16-20-33(21-17-29)39(7-3)8-4/h14-21,24-25H,5-13,22-23H2,1-4H3/b30-24+,31-25+. The first-order valence-electron chi connectivity index (χ1n) is 15.2. The van der Waals surface area contributed by atoms with Gasteiger partial charge in [0.25, 0.3) is 0 Å². The molecule has 0 heterocycles. The van der Waals surface area contributed by atoms with Gasteiger partial charge in [-0.1, -0.05) is 43.5 Å². The van der Waals surface area contributed by atoms with E-state index in [0.29, 0.717) is 12.8 Å². The Kier molecular flexibility index (Phi) is 15.7. The fraction of sp³-hybridized carbons (Fsp3) is 0.429. The van der Waals surface area contributed by atoms with E-state index in [1.807, 2.05) is 60.7 Å². The van der Waals surface area contributed by atoms with E-state index in [0.717, 1.165) is 67.9 Å². The van der Waals surface area contributed by atoms with Crippen molar-refractivity contribution in [3.8, 4) is 12.1 Å². The molecule has 0 radical (unpaired) electrons. The van der Waals surface area contributed by atoms with Gasteiger partial charge in [0, 0.05) is 37.6 Å². The lowest BCUT2D eigenvalue weighted by Gasteiger charge is -2.20. The Balaban J connectivity index is 1.67. The van der Waals surface area contributed by atoms with Crippen LogP contribution in [0.1, 0.15) is 70.9 Å². The fourth-order valence-corrected chi connectivity index (χ4v) is 4.57. The summed E-state index contributed by atoms with van der Waals surface area (Å²) in [4.78, 5) is 29.1. The number of unbranched alkanes of at least 4 members (excludes halogenated alkanes) is 4. The van der Waals surface area contributed by atoms with Crippen molar-refractivity contribution in [1.82, 2.24) is 0 Å². The van der Waals surface area contributed by atoms with Crippen molar-refractivity contribution in [1.29, 1.82) is 10.5 Å². The molecule has 0 unspecified atom stereocenters. The largest absolute Gasteiger partial charge is 0.462 e. The summed E-state index contributed by atoms with van der Waals surface area (Å²) in [5, 5.41) is 18.8. The third-order valence-corrected chi connectivity index (χ3v) is 7.10. The van der Waals surface area contributed by atoms with E-state index >= 15 is 0 Å². The second-order valence-electron chi connectivity index (χ2n) is 9.91. The Bertz CT molecular complexity index is 1190. The van der Waals surface area contributed by atoms with Gasteiger partial charge >= 0.3 is 11.9 Å². The minimum Gasteiger partial charge on any atom is -0.462 e. The van der Waals surface area contributed by atoms with Crippen LogP contribution in [0, 0.1) is 22.7 Å². The van der Waals surface area contributed by atoms with E-state index in [9.17, 15) is 20.1 Å². The molecule has 0 spiro atoms. The first-order valence-corrected chi connectivity index (χ1v) is 15.2. The first-order chi connectivity index (χ1) is 20.9. The van der Waals surface area contributed by atoms with Gasteiger partial charge in [-0.2, -0.15) is 10.5 Å². The van der Waals surface area contributed by atoms with Crippen molar-refractivity contribution < 1.29 is 19.1 Å². The Hall–Kier alpha value is -4.56. The maximum Gasteiger partial charge on any atom is 0.348 e. The van der Waals surface area contributed by atoms with Gasteiger partial charge in [-0.15, -0.1) is 0 Å². The highest BCUT2D eigenvalue weighted by atomic mass is 16.5. The van der Waals surface area contributed by atoms with Crippen LogP contribution in [0.15, 0.2) is 59.7 Å². The Morgan fingerprint density at radius 1 is 0.605 bits per heavy atom. The zero-order chi connectivity index (χ0) is 31.5. The summed E-state index contributed by atoms with van der Waals surface area (Å²) in [5.74, 6) is -1.24.